The van der Waals surface area contributed by atoms with Crippen molar-refractivity contribution in [3.63, 3.8) is 0 Å². The molecule has 1 heterocycles. The molecule has 4 nitrogen and oxygen atoms in total. The van der Waals surface area contributed by atoms with E-state index in [1.807, 2.05) is 6.92 Å². The summed E-state index contributed by atoms with van der Waals surface area (Å²) in [7, 11) is 0. The Morgan fingerprint density at radius 2 is 2.21 bits per heavy atom. The van der Waals surface area contributed by atoms with Gasteiger partial charge >= 0.3 is 0 Å². The third-order valence-corrected chi connectivity index (χ3v) is 2.53. The maximum absolute atomic E-state index is 9.63. The fourth-order valence-electron chi connectivity index (χ4n) is 1.43. The van der Waals surface area contributed by atoms with Gasteiger partial charge in [-0.1, -0.05) is 0 Å². The second kappa shape index (κ2) is 3.92. The minimum Gasteiger partial charge on any atom is -0.391 e. The lowest BCUT2D eigenvalue weighted by molar-refractivity contribution is 0.164. The Hall–Kier alpha value is -1.16. The van der Waals surface area contributed by atoms with E-state index in [4.69, 9.17) is 0 Å². The SMILES string of the molecule is Cc1nccnc1NCC(O)C1CC1. The van der Waals surface area contributed by atoms with Crippen LogP contribution >= 0.6 is 0 Å². The predicted molar refractivity (Wildman–Crippen MR) is 54.0 cm³/mol. The molecule has 0 spiro atoms. The summed E-state index contributed by atoms with van der Waals surface area (Å²) in [5.74, 6) is 1.27. The Bertz CT molecular complexity index is 312. The molecule has 2 rings (SSSR count). The van der Waals surface area contributed by atoms with E-state index >= 15 is 0 Å². The van der Waals surface area contributed by atoms with Crippen LogP contribution in [0.1, 0.15) is 18.5 Å². The van der Waals surface area contributed by atoms with Gasteiger partial charge in [0.1, 0.15) is 5.82 Å². The average molecular weight is 193 g/mol. The molecule has 1 aromatic heterocycles. The second-order valence-electron chi connectivity index (χ2n) is 3.78. The van der Waals surface area contributed by atoms with Gasteiger partial charge in [0.05, 0.1) is 11.8 Å². The lowest BCUT2D eigenvalue weighted by Crippen LogP contribution is -2.22. The van der Waals surface area contributed by atoms with Gasteiger partial charge in [0.15, 0.2) is 0 Å². The third-order valence-electron chi connectivity index (χ3n) is 2.53. The summed E-state index contributed by atoms with van der Waals surface area (Å²) in [4.78, 5) is 8.26. The van der Waals surface area contributed by atoms with Crippen molar-refractivity contribution in [2.75, 3.05) is 11.9 Å². The van der Waals surface area contributed by atoms with Crippen LogP contribution in [0.25, 0.3) is 0 Å². The van der Waals surface area contributed by atoms with Crippen LogP contribution in [0.3, 0.4) is 0 Å². The number of aryl methyl sites for hydroxylation is 1. The lowest BCUT2D eigenvalue weighted by Gasteiger charge is -2.11. The van der Waals surface area contributed by atoms with Gasteiger partial charge in [-0.05, 0) is 25.7 Å². The van der Waals surface area contributed by atoms with Crippen LogP contribution in [0.4, 0.5) is 5.82 Å². The van der Waals surface area contributed by atoms with E-state index in [0.29, 0.717) is 12.5 Å². The van der Waals surface area contributed by atoms with Crippen LogP contribution in [-0.4, -0.2) is 27.7 Å². The lowest BCUT2D eigenvalue weighted by atomic mass is 10.2. The van der Waals surface area contributed by atoms with Crippen molar-refractivity contribution in [1.82, 2.24) is 9.97 Å². The molecule has 0 aliphatic heterocycles. The molecule has 76 valence electrons. The number of aliphatic hydroxyl groups excluding tert-OH is 1. The molecule has 4 heteroatoms. The van der Waals surface area contributed by atoms with E-state index in [9.17, 15) is 5.11 Å². The minimum atomic E-state index is -0.239. The summed E-state index contributed by atoms with van der Waals surface area (Å²) in [6.07, 6.45) is 5.39. The summed E-state index contributed by atoms with van der Waals surface area (Å²) in [6.45, 7) is 2.48. The zero-order valence-electron chi connectivity index (χ0n) is 8.27. The van der Waals surface area contributed by atoms with Crippen molar-refractivity contribution in [1.29, 1.82) is 0 Å². The van der Waals surface area contributed by atoms with Gasteiger partial charge in [0.25, 0.3) is 0 Å². The number of rotatable bonds is 4. The predicted octanol–water partition coefficient (Wildman–Crippen LogP) is 0.968. The highest BCUT2D eigenvalue weighted by atomic mass is 16.3. The van der Waals surface area contributed by atoms with Crippen molar-refractivity contribution in [3.8, 4) is 0 Å². The standard InChI is InChI=1S/C10H15N3O/c1-7-10(12-5-4-11-7)13-6-9(14)8-2-3-8/h4-5,8-9,14H,2-3,6H2,1H3,(H,12,13). The number of hydrogen-bond donors (Lipinski definition) is 2. The zero-order valence-corrected chi connectivity index (χ0v) is 8.27. The van der Waals surface area contributed by atoms with Crippen molar-refractivity contribution in [2.45, 2.75) is 25.9 Å². The number of nitrogens with one attached hydrogen (secondary N) is 1. The summed E-state index contributed by atoms with van der Waals surface area (Å²) in [6, 6.07) is 0. The fraction of sp³-hybridized carbons (Fsp3) is 0.600. The summed E-state index contributed by atoms with van der Waals surface area (Å²) < 4.78 is 0. The Balaban J connectivity index is 1.87. The van der Waals surface area contributed by atoms with Crippen LogP contribution in [0.15, 0.2) is 12.4 Å². The summed E-state index contributed by atoms with van der Waals surface area (Å²) in [5.41, 5.74) is 0.871. The number of nitrogens with zero attached hydrogens (tertiary/aromatic N) is 2. The highest BCUT2D eigenvalue weighted by Crippen LogP contribution is 2.32. The molecule has 1 saturated carbocycles. The van der Waals surface area contributed by atoms with E-state index in [-0.39, 0.29) is 6.10 Å². The molecule has 0 radical (unpaired) electrons. The van der Waals surface area contributed by atoms with Crippen LogP contribution < -0.4 is 5.32 Å². The molecule has 1 aliphatic rings. The molecule has 0 amide bonds. The summed E-state index contributed by atoms with van der Waals surface area (Å²) in [5, 5.41) is 12.7. The Morgan fingerprint density at radius 1 is 1.50 bits per heavy atom. The first-order valence-electron chi connectivity index (χ1n) is 4.97. The number of aromatic nitrogens is 2. The molecule has 14 heavy (non-hydrogen) atoms. The van der Waals surface area contributed by atoms with Gasteiger partial charge in [-0.25, -0.2) is 4.98 Å². The van der Waals surface area contributed by atoms with Gasteiger partial charge in [0, 0.05) is 18.9 Å². The molecular formula is C10H15N3O. The maximum Gasteiger partial charge on any atom is 0.147 e. The Kier molecular flexibility index (Phi) is 2.63. The Morgan fingerprint density at radius 3 is 2.86 bits per heavy atom. The molecule has 1 fully saturated rings. The van der Waals surface area contributed by atoms with Crippen molar-refractivity contribution in [3.05, 3.63) is 18.1 Å². The van der Waals surface area contributed by atoms with Gasteiger partial charge in [0.2, 0.25) is 0 Å². The van der Waals surface area contributed by atoms with Crippen molar-refractivity contribution >= 4 is 5.82 Å². The van der Waals surface area contributed by atoms with Gasteiger partial charge < -0.3 is 10.4 Å². The first-order chi connectivity index (χ1) is 6.77. The minimum absolute atomic E-state index is 0.239. The summed E-state index contributed by atoms with van der Waals surface area (Å²) >= 11 is 0. The zero-order chi connectivity index (χ0) is 9.97. The molecule has 1 aliphatic carbocycles. The van der Waals surface area contributed by atoms with Crippen LogP contribution in [0.2, 0.25) is 0 Å². The van der Waals surface area contributed by atoms with Crippen LogP contribution in [0, 0.1) is 12.8 Å². The van der Waals surface area contributed by atoms with E-state index in [2.05, 4.69) is 15.3 Å². The molecule has 1 unspecified atom stereocenters. The largest absolute Gasteiger partial charge is 0.391 e. The smallest absolute Gasteiger partial charge is 0.147 e. The van der Waals surface area contributed by atoms with Crippen LogP contribution in [-0.2, 0) is 0 Å². The molecule has 2 N–H and O–H groups in total. The third kappa shape index (κ3) is 2.20. The van der Waals surface area contributed by atoms with Crippen molar-refractivity contribution in [2.24, 2.45) is 5.92 Å². The Labute approximate surface area is 83.4 Å². The van der Waals surface area contributed by atoms with Gasteiger partial charge in [-0.3, -0.25) is 4.98 Å². The first-order valence-corrected chi connectivity index (χ1v) is 4.97. The number of anilines is 1. The van der Waals surface area contributed by atoms with Gasteiger partial charge in [-0.2, -0.15) is 0 Å². The van der Waals surface area contributed by atoms with E-state index < -0.39 is 0 Å². The number of aliphatic hydroxyl groups is 1. The number of hydrogen-bond acceptors (Lipinski definition) is 4. The average Bonchev–Trinajstić information content (AvgIpc) is 2.99. The molecule has 0 bridgehead atoms. The highest BCUT2D eigenvalue weighted by molar-refractivity contribution is 5.38. The first kappa shape index (κ1) is 9.40. The molecule has 0 saturated heterocycles. The molecule has 1 aromatic rings. The fourth-order valence-corrected chi connectivity index (χ4v) is 1.43. The quantitative estimate of drug-likeness (QED) is 0.748. The molecule has 1 atom stereocenters. The van der Waals surface area contributed by atoms with E-state index in [0.717, 1.165) is 24.4 Å². The maximum atomic E-state index is 9.63. The second-order valence-corrected chi connectivity index (χ2v) is 3.78. The topological polar surface area (TPSA) is 58.0 Å². The monoisotopic (exact) mass is 193 g/mol. The molecular weight excluding hydrogens is 178 g/mol. The van der Waals surface area contributed by atoms with Gasteiger partial charge in [-0.15, -0.1) is 0 Å². The van der Waals surface area contributed by atoms with E-state index in [1.165, 1.54) is 0 Å². The van der Waals surface area contributed by atoms with Crippen molar-refractivity contribution < 1.29 is 5.11 Å². The highest BCUT2D eigenvalue weighted by Gasteiger charge is 2.29. The van der Waals surface area contributed by atoms with E-state index in [1.54, 1.807) is 12.4 Å². The van der Waals surface area contributed by atoms with Crippen LogP contribution in [0.5, 0.6) is 0 Å². The normalized spacial score (nSPS) is 17.9. The molecule has 0 aromatic carbocycles.